The Hall–Kier alpha value is -2.67. The Bertz CT molecular complexity index is 929. The summed E-state index contributed by atoms with van der Waals surface area (Å²) in [6.07, 6.45) is 9.72. The summed E-state index contributed by atoms with van der Waals surface area (Å²) >= 11 is 0. The van der Waals surface area contributed by atoms with E-state index in [-0.39, 0.29) is 18.4 Å². The third-order valence-corrected chi connectivity index (χ3v) is 6.51. The number of hydrogen-bond donors (Lipinski definition) is 0. The van der Waals surface area contributed by atoms with E-state index >= 15 is 0 Å². The van der Waals surface area contributed by atoms with Crippen molar-refractivity contribution in [3.05, 3.63) is 47.5 Å². The molecule has 1 aromatic heterocycles. The zero-order valence-electron chi connectivity index (χ0n) is 18.5. The molecule has 7 heteroatoms. The Labute approximate surface area is 184 Å². The number of imidazole rings is 1. The summed E-state index contributed by atoms with van der Waals surface area (Å²) in [5.41, 5.74) is 2.63. The molecule has 7 nitrogen and oxygen atoms in total. The molecule has 1 fully saturated rings. The quantitative estimate of drug-likeness (QED) is 0.505. The number of ether oxygens (including phenoxy) is 1. The van der Waals surface area contributed by atoms with Crippen LogP contribution < -0.4 is 4.74 Å². The highest BCUT2D eigenvalue weighted by molar-refractivity contribution is 5.76. The Morgan fingerprint density at radius 2 is 1.94 bits per heavy atom. The van der Waals surface area contributed by atoms with E-state index in [0.29, 0.717) is 24.6 Å². The topological polar surface area (TPSA) is 67.7 Å². The summed E-state index contributed by atoms with van der Waals surface area (Å²) < 4.78 is 7.33. The number of carbonyl (C=O) groups is 2. The third kappa shape index (κ3) is 5.34. The van der Waals surface area contributed by atoms with Crippen LogP contribution in [-0.4, -0.2) is 64.5 Å². The largest absolute Gasteiger partial charge is 0.425 e. The van der Waals surface area contributed by atoms with Crippen LogP contribution in [0.3, 0.4) is 0 Å². The standard InChI is InChI=1S/C24H32N4O3/c1-26(2)20-10-13-27(14-11-20)23(29)9-8-22-25-12-15-28(22)17-24(30)31-21-7-6-18-4-3-5-19(18)16-21/h6-7,12,15-16,20H,3-5,8-11,13-14,17H2,1-2H3. The molecular formula is C24H32N4O3. The van der Waals surface area contributed by atoms with Crippen LogP contribution in [0.4, 0.5) is 0 Å². The van der Waals surface area contributed by atoms with Gasteiger partial charge >= 0.3 is 5.97 Å². The SMILES string of the molecule is CN(C)C1CCN(C(=O)CCc2nccn2CC(=O)Oc2ccc3c(c2)CCC3)CC1. The van der Waals surface area contributed by atoms with Gasteiger partial charge in [0.1, 0.15) is 18.1 Å². The zero-order chi connectivity index (χ0) is 21.8. The van der Waals surface area contributed by atoms with Crippen molar-refractivity contribution >= 4 is 11.9 Å². The number of fused-ring (bicyclic) bond motifs is 1. The van der Waals surface area contributed by atoms with E-state index in [0.717, 1.165) is 51.0 Å². The maximum Gasteiger partial charge on any atom is 0.331 e. The van der Waals surface area contributed by atoms with Gasteiger partial charge in [-0.2, -0.15) is 0 Å². The van der Waals surface area contributed by atoms with Gasteiger partial charge in [-0.05, 0) is 69.5 Å². The van der Waals surface area contributed by atoms with Crippen molar-refractivity contribution in [3.63, 3.8) is 0 Å². The molecule has 0 saturated carbocycles. The number of esters is 1. The summed E-state index contributed by atoms with van der Waals surface area (Å²) in [5.74, 6) is 1.17. The lowest BCUT2D eigenvalue weighted by Crippen LogP contribution is -2.44. The number of hydrogen-bond acceptors (Lipinski definition) is 5. The highest BCUT2D eigenvalue weighted by Crippen LogP contribution is 2.26. The second-order valence-corrected chi connectivity index (χ2v) is 8.81. The Balaban J connectivity index is 1.27. The predicted molar refractivity (Wildman–Crippen MR) is 118 cm³/mol. The van der Waals surface area contributed by atoms with Crippen LogP contribution in [0, 0.1) is 0 Å². The van der Waals surface area contributed by atoms with Gasteiger partial charge in [0.2, 0.25) is 5.91 Å². The molecule has 2 aliphatic rings. The van der Waals surface area contributed by atoms with Gasteiger partial charge in [-0.15, -0.1) is 0 Å². The fourth-order valence-electron chi connectivity index (χ4n) is 4.64. The average molecular weight is 425 g/mol. The van der Waals surface area contributed by atoms with Crippen molar-refractivity contribution < 1.29 is 14.3 Å². The maximum atomic E-state index is 12.6. The molecule has 1 saturated heterocycles. The fourth-order valence-corrected chi connectivity index (χ4v) is 4.64. The molecule has 31 heavy (non-hydrogen) atoms. The second-order valence-electron chi connectivity index (χ2n) is 8.81. The molecule has 0 unspecified atom stereocenters. The number of benzene rings is 1. The molecule has 0 spiro atoms. The molecule has 4 rings (SSSR count). The number of nitrogens with zero attached hydrogens (tertiary/aromatic N) is 4. The molecule has 0 atom stereocenters. The molecular weight excluding hydrogens is 392 g/mol. The van der Waals surface area contributed by atoms with Crippen molar-refractivity contribution in [3.8, 4) is 5.75 Å². The van der Waals surface area contributed by atoms with Crippen molar-refractivity contribution in [2.45, 2.75) is 57.5 Å². The number of aryl methyl sites for hydroxylation is 3. The number of carbonyl (C=O) groups excluding carboxylic acids is 2. The molecule has 1 aliphatic carbocycles. The second kappa shape index (κ2) is 9.64. The van der Waals surface area contributed by atoms with Crippen LogP contribution in [0.25, 0.3) is 0 Å². The first kappa shape index (κ1) is 21.6. The third-order valence-electron chi connectivity index (χ3n) is 6.51. The molecule has 0 bridgehead atoms. The van der Waals surface area contributed by atoms with Gasteiger partial charge in [0, 0.05) is 44.4 Å². The van der Waals surface area contributed by atoms with E-state index in [2.05, 4.69) is 30.0 Å². The van der Waals surface area contributed by atoms with Gasteiger partial charge in [0.25, 0.3) is 0 Å². The number of piperidine rings is 1. The summed E-state index contributed by atoms with van der Waals surface area (Å²) in [5, 5.41) is 0. The van der Waals surface area contributed by atoms with Crippen LogP contribution in [0.15, 0.2) is 30.6 Å². The first-order chi connectivity index (χ1) is 15.0. The van der Waals surface area contributed by atoms with E-state index in [1.807, 2.05) is 17.0 Å². The van der Waals surface area contributed by atoms with Crippen molar-refractivity contribution in [1.82, 2.24) is 19.4 Å². The van der Waals surface area contributed by atoms with Gasteiger partial charge in [-0.3, -0.25) is 4.79 Å². The van der Waals surface area contributed by atoms with E-state index in [4.69, 9.17) is 4.74 Å². The highest BCUT2D eigenvalue weighted by Gasteiger charge is 2.24. The van der Waals surface area contributed by atoms with E-state index < -0.39 is 0 Å². The Kier molecular flexibility index (Phi) is 6.70. The van der Waals surface area contributed by atoms with Gasteiger partial charge < -0.3 is 19.1 Å². The summed E-state index contributed by atoms with van der Waals surface area (Å²) in [4.78, 5) is 33.6. The number of aromatic nitrogens is 2. The van der Waals surface area contributed by atoms with Gasteiger partial charge in [0.15, 0.2) is 0 Å². The molecule has 1 amide bonds. The highest BCUT2D eigenvalue weighted by atomic mass is 16.5. The Morgan fingerprint density at radius 1 is 1.16 bits per heavy atom. The predicted octanol–water partition coefficient (Wildman–Crippen LogP) is 2.46. The summed E-state index contributed by atoms with van der Waals surface area (Å²) in [6, 6.07) is 6.46. The van der Waals surface area contributed by atoms with Crippen molar-refractivity contribution in [2.75, 3.05) is 27.2 Å². The minimum Gasteiger partial charge on any atom is -0.425 e. The van der Waals surface area contributed by atoms with Crippen LogP contribution in [0.1, 0.15) is 42.6 Å². The first-order valence-electron chi connectivity index (χ1n) is 11.3. The van der Waals surface area contributed by atoms with Crippen LogP contribution in [0.5, 0.6) is 5.75 Å². The molecule has 0 N–H and O–H groups in total. The molecule has 0 radical (unpaired) electrons. The number of rotatable bonds is 7. The van der Waals surface area contributed by atoms with Gasteiger partial charge in [0.05, 0.1) is 0 Å². The van der Waals surface area contributed by atoms with E-state index in [1.54, 1.807) is 17.0 Å². The number of amides is 1. The lowest BCUT2D eigenvalue weighted by Gasteiger charge is -2.35. The van der Waals surface area contributed by atoms with Gasteiger partial charge in [-0.25, -0.2) is 9.78 Å². The van der Waals surface area contributed by atoms with Crippen LogP contribution >= 0.6 is 0 Å². The van der Waals surface area contributed by atoms with Crippen molar-refractivity contribution in [2.24, 2.45) is 0 Å². The zero-order valence-corrected chi connectivity index (χ0v) is 18.5. The maximum absolute atomic E-state index is 12.6. The average Bonchev–Trinajstić information content (AvgIpc) is 3.40. The number of likely N-dealkylation sites (tertiary alicyclic amines) is 1. The fraction of sp³-hybridized carbons (Fsp3) is 0.542. The smallest absolute Gasteiger partial charge is 0.331 e. The summed E-state index contributed by atoms with van der Waals surface area (Å²) in [7, 11) is 4.19. The minimum atomic E-state index is -0.325. The van der Waals surface area contributed by atoms with Gasteiger partial charge in [-0.1, -0.05) is 6.07 Å². The van der Waals surface area contributed by atoms with E-state index in [1.165, 1.54) is 11.1 Å². The van der Waals surface area contributed by atoms with Crippen molar-refractivity contribution in [1.29, 1.82) is 0 Å². The molecule has 1 aromatic carbocycles. The molecule has 2 aromatic rings. The molecule has 1 aliphatic heterocycles. The first-order valence-corrected chi connectivity index (χ1v) is 11.3. The van der Waals surface area contributed by atoms with E-state index in [9.17, 15) is 9.59 Å². The Morgan fingerprint density at radius 3 is 2.71 bits per heavy atom. The molecule has 2 heterocycles. The van der Waals surface area contributed by atoms with Crippen LogP contribution in [-0.2, 0) is 35.4 Å². The summed E-state index contributed by atoms with van der Waals surface area (Å²) in [6.45, 7) is 1.71. The lowest BCUT2D eigenvalue weighted by atomic mass is 10.0. The lowest BCUT2D eigenvalue weighted by molar-refractivity contribution is -0.135. The monoisotopic (exact) mass is 424 g/mol. The van der Waals surface area contributed by atoms with Crippen LogP contribution in [0.2, 0.25) is 0 Å². The normalized spacial score (nSPS) is 16.5. The minimum absolute atomic E-state index is 0.0921. The molecule has 166 valence electrons.